The molecule has 0 aliphatic carbocycles. The number of urea groups is 1. The first-order chi connectivity index (χ1) is 19.2. The molecule has 2 atom stereocenters. The predicted molar refractivity (Wildman–Crippen MR) is 154 cm³/mol. The second-order valence-electron chi connectivity index (χ2n) is 10.8. The van der Waals surface area contributed by atoms with Gasteiger partial charge in [0.05, 0.1) is 31.4 Å². The number of amides is 4. The number of methoxy groups -OCH3 is 1. The Labute approximate surface area is 243 Å². The summed E-state index contributed by atoms with van der Waals surface area (Å²) in [7, 11) is 2.99. The van der Waals surface area contributed by atoms with Crippen LogP contribution in [-0.2, 0) is 16.1 Å². The molecule has 41 heavy (non-hydrogen) atoms. The van der Waals surface area contributed by atoms with E-state index in [0.717, 1.165) is 6.08 Å². The second kappa shape index (κ2) is 11.3. The lowest BCUT2D eigenvalue weighted by molar-refractivity contribution is -0.117. The minimum absolute atomic E-state index is 0.0617. The maximum absolute atomic E-state index is 13.5. The molecule has 2 aromatic rings. The molecule has 1 saturated heterocycles. The van der Waals surface area contributed by atoms with Crippen molar-refractivity contribution in [2.75, 3.05) is 42.4 Å². The van der Waals surface area contributed by atoms with Crippen LogP contribution in [-0.4, -0.2) is 82.9 Å². The summed E-state index contributed by atoms with van der Waals surface area (Å²) in [6.07, 6.45) is 2.24. The van der Waals surface area contributed by atoms with E-state index >= 15 is 0 Å². The number of phenols is 1. The van der Waals surface area contributed by atoms with E-state index in [1.165, 1.54) is 27.9 Å². The highest BCUT2D eigenvalue weighted by molar-refractivity contribution is 6.36. The lowest BCUT2D eigenvalue weighted by Gasteiger charge is -2.35. The zero-order valence-electron chi connectivity index (χ0n) is 23.8. The van der Waals surface area contributed by atoms with Gasteiger partial charge in [-0.05, 0) is 33.8 Å². The normalized spacial score (nSPS) is 18.6. The summed E-state index contributed by atoms with van der Waals surface area (Å²) in [5.41, 5.74) is 0.695. The highest BCUT2D eigenvalue weighted by Crippen LogP contribution is 2.44. The van der Waals surface area contributed by atoms with Crippen LogP contribution in [0.5, 0.6) is 11.5 Å². The molecule has 4 amide bonds. The quantitative estimate of drug-likeness (QED) is 0.432. The van der Waals surface area contributed by atoms with Crippen molar-refractivity contribution >= 4 is 47.1 Å². The first-order valence-corrected chi connectivity index (χ1v) is 13.3. The Balaban J connectivity index is 1.59. The number of anilines is 3. The maximum atomic E-state index is 13.5. The Morgan fingerprint density at radius 3 is 2.59 bits per heavy atom. The topological polar surface area (TPSA) is 149 Å². The average Bonchev–Trinajstić information content (AvgIpc) is 3.30. The summed E-state index contributed by atoms with van der Waals surface area (Å²) in [5.74, 6) is 0.365. The number of halogens is 1. The van der Waals surface area contributed by atoms with Gasteiger partial charge in [0.1, 0.15) is 27.9 Å². The standard InChI is InChI=1S/C27H34ClN7O6/c1-8-20(37)30-16-12-34(26(39)41-27(3,4)5)13-17(16)31-24-29-10-15-11-35(25(38)33(6)23(15)32-24)22-14(2)18(36)9-19(40-7)21(22)28/h8-10,16-17,36H,1,11-13H2,2-7H3,(H,30,37)(H,29,31,32). The third kappa shape index (κ3) is 6.09. The summed E-state index contributed by atoms with van der Waals surface area (Å²) >= 11 is 6.55. The van der Waals surface area contributed by atoms with Crippen molar-refractivity contribution in [3.05, 3.63) is 41.1 Å². The number of phenolic OH excluding ortho intramolecular Hbond substituents is 1. The van der Waals surface area contributed by atoms with Gasteiger partial charge in [0.15, 0.2) is 0 Å². The molecule has 14 heteroatoms. The molecule has 13 nitrogen and oxygen atoms in total. The minimum Gasteiger partial charge on any atom is -0.507 e. The number of aromatic nitrogens is 2. The first kappa shape index (κ1) is 29.7. The fraction of sp³-hybridized carbons (Fsp3) is 0.444. The number of carbonyl (C=O) groups is 3. The van der Waals surface area contributed by atoms with E-state index in [-0.39, 0.29) is 48.0 Å². The second-order valence-corrected chi connectivity index (χ2v) is 11.2. The molecule has 4 rings (SSSR count). The molecule has 3 heterocycles. The molecule has 0 saturated carbocycles. The monoisotopic (exact) mass is 587 g/mol. The van der Waals surface area contributed by atoms with E-state index < -0.39 is 29.8 Å². The number of aromatic hydroxyl groups is 1. The molecule has 2 aliphatic rings. The van der Waals surface area contributed by atoms with Gasteiger partial charge in [-0.25, -0.2) is 14.6 Å². The molecule has 1 aromatic heterocycles. The van der Waals surface area contributed by atoms with Gasteiger partial charge in [0.2, 0.25) is 11.9 Å². The summed E-state index contributed by atoms with van der Waals surface area (Å²) in [4.78, 5) is 51.6. The van der Waals surface area contributed by atoms with Crippen molar-refractivity contribution in [3.63, 3.8) is 0 Å². The fourth-order valence-electron chi connectivity index (χ4n) is 4.70. The summed E-state index contributed by atoms with van der Waals surface area (Å²) < 4.78 is 10.8. The van der Waals surface area contributed by atoms with Gasteiger partial charge in [0.25, 0.3) is 0 Å². The number of hydrogen-bond donors (Lipinski definition) is 3. The third-order valence-corrected chi connectivity index (χ3v) is 7.09. The van der Waals surface area contributed by atoms with Crippen LogP contribution >= 0.6 is 11.6 Å². The van der Waals surface area contributed by atoms with Crippen molar-refractivity contribution in [2.24, 2.45) is 0 Å². The van der Waals surface area contributed by atoms with Crippen LogP contribution in [0.25, 0.3) is 0 Å². The van der Waals surface area contributed by atoms with Crippen LogP contribution < -0.4 is 25.2 Å². The molecule has 0 radical (unpaired) electrons. The van der Waals surface area contributed by atoms with Gasteiger partial charge in [-0.1, -0.05) is 18.2 Å². The lowest BCUT2D eigenvalue weighted by atomic mass is 10.1. The maximum Gasteiger partial charge on any atom is 0.410 e. The van der Waals surface area contributed by atoms with Crippen LogP contribution in [0.15, 0.2) is 24.9 Å². The Hall–Kier alpha value is -4.26. The molecule has 220 valence electrons. The molecule has 2 unspecified atom stereocenters. The van der Waals surface area contributed by atoms with E-state index in [2.05, 4.69) is 27.2 Å². The Bertz CT molecular complexity index is 1400. The highest BCUT2D eigenvalue weighted by atomic mass is 35.5. The number of fused-ring (bicyclic) bond motifs is 1. The van der Waals surface area contributed by atoms with Crippen molar-refractivity contribution in [3.8, 4) is 11.5 Å². The van der Waals surface area contributed by atoms with Crippen molar-refractivity contribution in [1.82, 2.24) is 20.2 Å². The van der Waals surface area contributed by atoms with Crippen LogP contribution in [0.1, 0.15) is 31.9 Å². The Morgan fingerprint density at radius 2 is 1.95 bits per heavy atom. The van der Waals surface area contributed by atoms with E-state index in [1.807, 2.05) is 0 Å². The zero-order chi connectivity index (χ0) is 30.2. The average molecular weight is 588 g/mol. The zero-order valence-corrected chi connectivity index (χ0v) is 24.6. The molecule has 1 aromatic carbocycles. The van der Waals surface area contributed by atoms with Gasteiger partial charge in [0, 0.05) is 43.5 Å². The number of rotatable bonds is 6. The molecule has 0 spiro atoms. The van der Waals surface area contributed by atoms with Gasteiger partial charge < -0.3 is 30.1 Å². The minimum atomic E-state index is -0.679. The first-order valence-electron chi connectivity index (χ1n) is 12.9. The van der Waals surface area contributed by atoms with Crippen molar-refractivity contribution < 1.29 is 29.0 Å². The number of ether oxygens (including phenoxy) is 2. The van der Waals surface area contributed by atoms with Crippen LogP contribution in [0, 0.1) is 6.92 Å². The number of hydrogen-bond acceptors (Lipinski definition) is 9. The molecule has 1 fully saturated rings. The van der Waals surface area contributed by atoms with Crippen LogP contribution in [0.2, 0.25) is 5.02 Å². The van der Waals surface area contributed by atoms with Crippen LogP contribution in [0.3, 0.4) is 0 Å². The molecular formula is C27H34ClN7O6. The fourth-order valence-corrected chi connectivity index (χ4v) is 5.08. The summed E-state index contributed by atoms with van der Waals surface area (Å²) in [5, 5.41) is 16.6. The predicted octanol–water partition coefficient (Wildman–Crippen LogP) is 3.43. The van der Waals surface area contributed by atoms with E-state index in [0.29, 0.717) is 22.6 Å². The highest BCUT2D eigenvalue weighted by Gasteiger charge is 2.39. The third-order valence-electron chi connectivity index (χ3n) is 6.73. The number of nitrogens with zero attached hydrogens (tertiary/aromatic N) is 5. The number of likely N-dealkylation sites (tertiary alicyclic amines) is 1. The Morgan fingerprint density at radius 1 is 1.27 bits per heavy atom. The smallest absolute Gasteiger partial charge is 0.410 e. The van der Waals surface area contributed by atoms with E-state index in [9.17, 15) is 19.5 Å². The van der Waals surface area contributed by atoms with Gasteiger partial charge in [-0.2, -0.15) is 4.98 Å². The summed E-state index contributed by atoms with van der Waals surface area (Å²) in [6, 6.07) is 0.0412. The van der Waals surface area contributed by atoms with E-state index in [1.54, 1.807) is 40.9 Å². The lowest BCUT2D eigenvalue weighted by Crippen LogP contribution is -2.47. The van der Waals surface area contributed by atoms with Gasteiger partial charge in [-0.3, -0.25) is 14.6 Å². The van der Waals surface area contributed by atoms with Gasteiger partial charge >= 0.3 is 12.1 Å². The van der Waals surface area contributed by atoms with Crippen LogP contribution in [0.4, 0.5) is 27.0 Å². The molecule has 2 aliphatic heterocycles. The number of benzene rings is 1. The van der Waals surface area contributed by atoms with Gasteiger partial charge in [-0.15, -0.1) is 0 Å². The molecular weight excluding hydrogens is 554 g/mol. The molecule has 3 N–H and O–H groups in total. The number of carbonyl (C=O) groups excluding carboxylic acids is 3. The largest absolute Gasteiger partial charge is 0.507 e. The van der Waals surface area contributed by atoms with Crippen molar-refractivity contribution in [2.45, 2.75) is 51.9 Å². The molecule has 0 bridgehead atoms. The summed E-state index contributed by atoms with van der Waals surface area (Å²) in [6.45, 7) is 11.0. The Kier molecular flexibility index (Phi) is 8.20. The number of nitrogens with one attached hydrogen (secondary N) is 2. The van der Waals surface area contributed by atoms with E-state index in [4.69, 9.17) is 21.1 Å². The van der Waals surface area contributed by atoms with Crippen molar-refractivity contribution in [1.29, 1.82) is 0 Å². The SMILES string of the molecule is C=CC(=O)NC1CN(C(=O)OC(C)(C)C)CC1Nc1ncc2c(n1)N(C)C(=O)N(c1c(C)c(O)cc(OC)c1Cl)C2.